The summed E-state index contributed by atoms with van der Waals surface area (Å²) < 4.78 is 4.97. The number of aliphatic hydroxyl groups excluding tert-OH is 1. The minimum atomic E-state index is -0.707. The average molecular weight is 197 g/mol. The van der Waals surface area contributed by atoms with Crippen LogP contribution >= 0.6 is 0 Å². The predicted molar refractivity (Wildman–Crippen MR) is 49.5 cm³/mol. The second-order valence-corrected chi connectivity index (χ2v) is 3.71. The van der Waals surface area contributed by atoms with E-state index in [1.807, 2.05) is 0 Å². The highest BCUT2D eigenvalue weighted by molar-refractivity contribution is 5.00. The van der Waals surface area contributed by atoms with E-state index in [1.54, 1.807) is 0 Å². The SMILES string of the molecule is NCC[C@H](O)c1nc(C2CCC2)no1. The van der Waals surface area contributed by atoms with E-state index in [1.165, 1.54) is 6.42 Å². The minimum Gasteiger partial charge on any atom is -0.383 e. The molecule has 0 aromatic carbocycles. The maximum absolute atomic E-state index is 9.53. The second kappa shape index (κ2) is 4.06. The van der Waals surface area contributed by atoms with Gasteiger partial charge in [-0.3, -0.25) is 0 Å². The Labute approximate surface area is 82.3 Å². The molecular formula is C9H15N3O2. The fourth-order valence-corrected chi connectivity index (χ4v) is 1.50. The number of aliphatic hydroxyl groups is 1. The molecule has 1 aliphatic rings. The second-order valence-electron chi connectivity index (χ2n) is 3.71. The number of hydrogen-bond donors (Lipinski definition) is 2. The Balaban J connectivity index is 2.01. The van der Waals surface area contributed by atoms with Crippen molar-refractivity contribution in [3.63, 3.8) is 0 Å². The summed E-state index contributed by atoms with van der Waals surface area (Å²) in [7, 11) is 0. The Hall–Kier alpha value is -0.940. The number of nitrogens with zero attached hydrogens (tertiary/aromatic N) is 2. The first-order valence-corrected chi connectivity index (χ1v) is 5.03. The summed E-state index contributed by atoms with van der Waals surface area (Å²) in [6, 6.07) is 0. The lowest BCUT2D eigenvalue weighted by atomic mass is 9.85. The van der Waals surface area contributed by atoms with Crippen LogP contribution in [0.25, 0.3) is 0 Å². The third-order valence-electron chi connectivity index (χ3n) is 2.65. The molecule has 0 saturated heterocycles. The molecule has 1 saturated carbocycles. The van der Waals surface area contributed by atoms with Crippen molar-refractivity contribution in [1.29, 1.82) is 0 Å². The van der Waals surface area contributed by atoms with Crippen molar-refractivity contribution in [2.45, 2.75) is 37.7 Å². The van der Waals surface area contributed by atoms with Crippen LogP contribution < -0.4 is 5.73 Å². The zero-order valence-corrected chi connectivity index (χ0v) is 8.02. The lowest BCUT2D eigenvalue weighted by molar-refractivity contribution is 0.127. The molecule has 2 rings (SSSR count). The van der Waals surface area contributed by atoms with Gasteiger partial charge in [0.05, 0.1) is 0 Å². The molecule has 1 atom stereocenters. The van der Waals surface area contributed by atoms with Gasteiger partial charge in [0.25, 0.3) is 5.89 Å². The van der Waals surface area contributed by atoms with Crippen molar-refractivity contribution < 1.29 is 9.63 Å². The van der Waals surface area contributed by atoms with Crippen molar-refractivity contribution in [2.24, 2.45) is 5.73 Å². The third-order valence-corrected chi connectivity index (χ3v) is 2.65. The number of hydrogen-bond acceptors (Lipinski definition) is 5. The highest BCUT2D eigenvalue weighted by atomic mass is 16.5. The van der Waals surface area contributed by atoms with E-state index in [9.17, 15) is 5.11 Å². The van der Waals surface area contributed by atoms with Crippen molar-refractivity contribution in [3.05, 3.63) is 11.7 Å². The van der Waals surface area contributed by atoms with Crippen LogP contribution in [0.1, 0.15) is 49.4 Å². The van der Waals surface area contributed by atoms with E-state index in [-0.39, 0.29) is 0 Å². The van der Waals surface area contributed by atoms with E-state index in [2.05, 4.69) is 10.1 Å². The standard InChI is InChI=1S/C9H15N3O2/c10-5-4-7(13)9-11-8(12-14-9)6-2-1-3-6/h6-7,13H,1-5,10H2/t7-/m0/s1. The molecule has 5 nitrogen and oxygen atoms in total. The molecule has 14 heavy (non-hydrogen) atoms. The Morgan fingerprint density at radius 1 is 1.57 bits per heavy atom. The predicted octanol–water partition coefficient (Wildman–Crippen LogP) is 0.719. The van der Waals surface area contributed by atoms with Gasteiger partial charge in [0.1, 0.15) is 6.10 Å². The summed E-state index contributed by atoms with van der Waals surface area (Å²) in [4.78, 5) is 4.17. The lowest BCUT2D eigenvalue weighted by Gasteiger charge is -2.20. The highest BCUT2D eigenvalue weighted by Crippen LogP contribution is 2.34. The summed E-state index contributed by atoms with van der Waals surface area (Å²) in [6.07, 6.45) is 3.26. The molecule has 0 bridgehead atoms. The first kappa shape index (κ1) is 9.61. The minimum absolute atomic E-state index is 0.303. The van der Waals surface area contributed by atoms with Gasteiger partial charge in [0.15, 0.2) is 5.82 Å². The van der Waals surface area contributed by atoms with Gasteiger partial charge in [0.2, 0.25) is 0 Å². The Morgan fingerprint density at radius 3 is 2.93 bits per heavy atom. The summed E-state index contributed by atoms with van der Waals surface area (Å²) in [5.41, 5.74) is 5.32. The Morgan fingerprint density at radius 2 is 2.36 bits per heavy atom. The van der Waals surface area contributed by atoms with Crippen LogP contribution in [0.3, 0.4) is 0 Å². The van der Waals surface area contributed by atoms with Gasteiger partial charge in [-0.05, 0) is 25.8 Å². The molecule has 1 fully saturated rings. The van der Waals surface area contributed by atoms with Gasteiger partial charge in [-0.2, -0.15) is 4.98 Å². The average Bonchev–Trinajstić information content (AvgIpc) is 2.50. The van der Waals surface area contributed by atoms with E-state index in [0.717, 1.165) is 18.7 Å². The van der Waals surface area contributed by atoms with Gasteiger partial charge in [0, 0.05) is 5.92 Å². The number of aromatic nitrogens is 2. The zero-order valence-electron chi connectivity index (χ0n) is 8.02. The van der Waals surface area contributed by atoms with Gasteiger partial charge in [-0.15, -0.1) is 0 Å². The monoisotopic (exact) mass is 197 g/mol. The third kappa shape index (κ3) is 1.78. The van der Waals surface area contributed by atoms with Crippen LogP contribution in [0.15, 0.2) is 4.52 Å². The summed E-state index contributed by atoms with van der Waals surface area (Å²) >= 11 is 0. The first-order chi connectivity index (χ1) is 6.81. The van der Waals surface area contributed by atoms with Gasteiger partial charge in [-0.25, -0.2) is 0 Å². The van der Waals surface area contributed by atoms with Crippen molar-refractivity contribution >= 4 is 0 Å². The molecule has 1 aromatic heterocycles. The van der Waals surface area contributed by atoms with Crippen molar-refractivity contribution in [3.8, 4) is 0 Å². The van der Waals surface area contributed by atoms with Crippen molar-refractivity contribution in [2.75, 3.05) is 6.54 Å². The largest absolute Gasteiger partial charge is 0.383 e. The molecule has 0 spiro atoms. The fourth-order valence-electron chi connectivity index (χ4n) is 1.50. The van der Waals surface area contributed by atoms with Gasteiger partial charge >= 0.3 is 0 Å². The molecule has 5 heteroatoms. The van der Waals surface area contributed by atoms with Crippen LogP contribution in [-0.2, 0) is 0 Å². The van der Waals surface area contributed by atoms with Gasteiger partial charge in [-0.1, -0.05) is 11.6 Å². The summed E-state index contributed by atoms with van der Waals surface area (Å²) in [5, 5.41) is 13.4. The highest BCUT2D eigenvalue weighted by Gasteiger charge is 2.26. The first-order valence-electron chi connectivity index (χ1n) is 5.03. The molecule has 1 aliphatic carbocycles. The molecular weight excluding hydrogens is 182 g/mol. The summed E-state index contributed by atoms with van der Waals surface area (Å²) in [6.45, 7) is 0.419. The molecule has 0 aliphatic heterocycles. The molecule has 1 aromatic rings. The molecule has 78 valence electrons. The van der Waals surface area contributed by atoms with Crippen LogP contribution in [0.5, 0.6) is 0 Å². The maximum Gasteiger partial charge on any atom is 0.255 e. The van der Waals surface area contributed by atoms with E-state index in [4.69, 9.17) is 10.3 Å². The number of nitrogens with two attached hydrogens (primary N) is 1. The van der Waals surface area contributed by atoms with E-state index >= 15 is 0 Å². The number of rotatable bonds is 4. The van der Waals surface area contributed by atoms with Crippen molar-refractivity contribution in [1.82, 2.24) is 10.1 Å². The molecule has 3 N–H and O–H groups in total. The quantitative estimate of drug-likeness (QED) is 0.742. The van der Waals surface area contributed by atoms with Crippen LogP contribution in [0, 0.1) is 0 Å². The Kier molecular flexibility index (Phi) is 2.79. The topological polar surface area (TPSA) is 85.2 Å². The maximum atomic E-state index is 9.53. The van der Waals surface area contributed by atoms with Crippen LogP contribution in [0.2, 0.25) is 0 Å². The molecule has 0 unspecified atom stereocenters. The fraction of sp³-hybridized carbons (Fsp3) is 0.778. The Bertz CT molecular complexity index is 296. The smallest absolute Gasteiger partial charge is 0.255 e. The summed E-state index contributed by atoms with van der Waals surface area (Å²) in [5.74, 6) is 1.48. The van der Waals surface area contributed by atoms with Crippen LogP contribution in [0.4, 0.5) is 0 Å². The van der Waals surface area contributed by atoms with Crippen LogP contribution in [-0.4, -0.2) is 21.8 Å². The normalized spacial score (nSPS) is 19.3. The van der Waals surface area contributed by atoms with E-state index < -0.39 is 6.10 Å². The molecule has 0 amide bonds. The molecule has 1 heterocycles. The van der Waals surface area contributed by atoms with E-state index in [0.29, 0.717) is 24.8 Å². The zero-order chi connectivity index (χ0) is 9.97. The van der Waals surface area contributed by atoms with Gasteiger partial charge < -0.3 is 15.4 Å². The molecule has 0 radical (unpaired) electrons. The lowest BCUT2D eigenvalue weighted by Crippen LogP contribution is -2.11.